The molecule has 0 fully saturated rings. The van der Waals surface area contributed by atoms with Crippen LogP contribution in [-0.2, 0) is 11.3 Å². The van der Waals surface area contributed by atoms with Crippen molar-refractivity contribution < 1.29 is 9.90 Å². The zero-order chi connectivity index (χ0) is 15.7. The van der Waals surface area contributed by atoms with Gasteiger partial charge >= 0.3 is 5.97 Å². The molecule has 3 rings (SSSR count). The first-order valence-corrected chi connectivity index (χ1v) is 7.17. The highest BCUT2D eigenvalue weighted by molar-refractivity contribution is 5.79. The largest absolute Gasteiger partial charge is 0.481 e. The first-order valence-electron chi connectivity index (χ1n) is 7.17. The number of imidazole rings is 1. The second-order valence-corrected chi connectivity index (χ2v) is 5.40. The standard InChI is InChI=1S/C17H17N3O2/c1-11-9-14-17(18-10-11)20(8-7-15(21)22)16(19-14)13-6-4-3-5-12(13)2/h3-6,9-10H,7-8H2,1-2H3,(H,21,22). The molecule has 0 bridgehead atoms. The van der Waals surface area contributed by atoms with E-state index in [9.17, 15) is 4.79 Å². The third-order valence-electron chi connectivity index (χ3n) is 3.66. The third kappa shape index (κ3) is 2.57. The van der Waals surface area contributed by atoms with E-state index in [-0.39, 0.29) is 6.42 Å². The van der Waals surface area contributed by atoms with Crippen molar-refractivity contribution in [2.45, 2.75) is 26.8 Å². The molecule has 0 amide bonds. The molecule has 1 aromatic carbocycles. The van der Waals surface area contributed by atoms with E-state index in [0.717, 1.165) is 33.7 Å². The summed E-state index contributed by atoms with van der Waals surface area (Å²) >= 11 is 0. The Kier molecular flexibility index (Phi) is 3.63. The molecule has 3 aromatic rings. The van der Waals surface area contributed by atoms with Gasteiger partial charge in [0, 0.05) is 18.3 Å². The molecule has 1 N–H and O–H groups in total. The van der Waals surface area contributed by atoms with Crippen LogP contribution in [0.4, 0.5) is 0 Å². The van der Waals surface area contributed by atoms with E-state index in [1.165, 1.54) is 0 Å². The monoisotopic (exact) mass is 295 g/mol. The molecule has 0 radical (unpaired) electrons. The lowest BCUT2D eigenvalue weighted by Gasteiger charge is -2.09. The Morgan fingerprint density at radius 1 is 1.27 bits per heavy atom. The van der Waals surface area contributed by atoms with E-state index in [2.05, 4.69) is 4.98 Å². The molecule has 0 unspecified atom stereocenters. The third-order valence-corrected chi connectivity index (χ3v) is 3.66. The number of hydrogen-bond acceptors (Lipinski definition) is 3. The number of benzene rings is 1. The molecular weight excluding hydrogens is 278 g/mol. The number of aliphatic carboxylic acids is 1. The molecule has 0 spiro atoms. The highest BCUT2D eigenvalue weighted by atomic mass is 16.4. The van der Waals surface area contributed by atoms with Gasteiger partial charge in [-0.25, -0.2) is 9.97 Å². The Hall–Kier alpha value is -2.69. The summed E-state index contributed by atoms with van der Waals surface area (Å²) < 4.78 is 1.89. The summed E-state index contributed by atoms with van der Waals surface area (Å²) in [5.74, 6) is -0.0582. The van der Waals surface area contributed by atoms with E-state index in [1.54, 1.807) is 6.20 Å². The normalized spacial score (nSPS) is 11.0. The lowest BCUT2D eigenvalue weighted by atomic mass is 10.1. The summed E-state index contributed by atoms with van der Waals surface area (Å²) in [7, 11) is 0. The van der Waals surface area contributed by atoms with Gasteiger partial charge in [-0.05, 0) is 31.0 Å². The van der Waals surface area contributed by atoms with Crippen molar-refractivity contribution in [3.05, 3.63) is 47.7 Å². The van der Waals surface area contributed by atoms with Crippen molar-refractivity contribution >= 4 is 17.1 Å². The van der Waals surface area contributed by atoms with E-state index < -0.39 is 5.97 Å². The molecule has 112 valence electrons. The smallest absolute Gasteiger partial charge is 0.305 e. The van der Waals surface area contributed by atoms with Crippen LogP contribution in [0.5, 0.6) is 0 Å². The topological polar surface area (TPSA) is 68.0 Å². The average molecular weight is 295 g/mol. The van der Waals surface area contributed by atoms with Crippen molar-refractivity contribution in [2.75, 3.05) is 0 Å². The second kappa shape index (κ2) is 5.60. The van der Waals surface area contributed by atoms with Crippen LogP contribution in [0.25, 0.3) is 22.6 Å². The minimum atomic E-state index is -0.829. The molecule has 0 aliphatic heterocycles. The SMILES string of the molecule is Cc1cnc2c(c1)nc(-c1ccccc1C)n2CCC(=O)O. The van der Waals surface area contributed by atoms with E-state index in [4.69, 9.17) is 10.1 Å². The molecule has 2 heterocycles. The maximum absolute atomic E-state index is 10.9. The van der Waals surface area contributed by atoms with E-state index in [1.807, 2.05) is 48.7 Å². The number of aryl methyl sites for hydroxylation is 3. The number of carbonyl (C=O) groups is 1. The van der Waals surface area contributed by atoms with Crippen LogP contribution in [0.1, 0.15) is 17.5 Å². The van der Waals surface area contributed by atoms with Gasteiger partial charge < -0.3 is 9.67 Å². The Balaban J connectivity index is 2.21. The van der Waals surface area contributed by atoms with Crippen LogP contribution in [0.15, 0.2) is 36.5 Å². The van der Waals surface area contributed by atoms with Crippen molar-refractivity contribution in [3.63, 3.8) is 0 Å². The predicted molar refractivity (Wildman–Crippen MR) is 84.7 cm³/mol. The quantitative estimate of drug-likeness (QED) is 0.802. The molecule has 22 heavy (non-hydrogen) atoms. The van der Waals surface area contributed by atoms with Gasteiger partial charge in [-0.2, -0.15) is 0 Å². The van der Waals surface area contributed by atoms with Gasteiger partial charge in [-0.1, -0.05) is 24.3 Å². The van der Waals surface area contributed by atoms with Crippen LogP contribution in [0.3, 0.4) is 0 Å². The van der Waals surface area contributed by atoms with Gasteiger partial charge in [0.25, 0.3) is 0 Å². The zero-order valence-electron chi connectivity index (χ0n) is 12.6. The first kappa shape index (κ1) is 14.3. The van der Waals surface area contributed by atoms with E-state index >= 15 is 0 Å². The fourth-order valence-corrected chi connectivity index (χ4v) is 2.56. The fourth-order valence-electron chi connectivity index (χ4n) is 2.56. The van der Waals surface area contributed by atoms with Gasteiger partial charge in [0.05, 0.1) is 6.42 Å². The summed E-state index contributed by atoms with van der Waals surface area (Å²) in [4.78, 5) is 20.1. The molecule has 0 aliphatic carbocycles. The highest BCUT2D eigenvalue weighted by Crippen LogP contribution is 2.26. The van der Waals surface area contributed by atoms with Gasteiger partial charge in [0.15, 0.2) is 5.65 Å². The number of pyridine rings is 1. The van der Waals surface area contributed by atoms with Gasteiger partial charge in [-0.3, -0.25) is 4.79 Å². The van der Waals surface area contributed by atoms with Crippen LogP contribution in [-0.4, -0.2) is 25.6 Å². The fraction of sp³-hybridized carbons (Fsp3) is 0.235. The zero-order valence-corrected chi connectivity index (χ0v) is 12.6. The Morgan fingerprint density at radius 2 is 2.05 bits per heavy atom. The average Bonchev–Trinajstić information content (AvgIpc) is 2.83. The van der Waals surface area contributed by atoms with E-state index in [0.29, 0.717) is 6.54 Å². The number of carboxylic acid groups (broad SMARTS) is 1. The first-order chi connectivity index (χ1) is 10.6. The maximum Gasteiger partial charge on any atom is 0.305 e. The summed E-state index contributed by atoms with van der Waals surface area (Å²) in [6, 6.07) is 9.93. The summed E-state index contributed by atoms with van der Waals surface area (Å²) in [5, 5.41) is 8.99. The van der Waals surface area contributed by atoms with Crippen LogP contribution < -0.4 is 0 Å². The minimum Gasteiger partial charge on any atom is -0.481 e. The lowest BCUT2D eigenvalue weighted by Crippen LogP contribution is -2.07. The van der Waals surface area contributed by atoms with Crippen LogP contribution in [0.2, 0.25) is 0 Å². The summed E-state index contributed by atoms with van der Waals surface area (Å²) in [6.07, 6.45) is 1.82. The van der Waals surface area contributed by atoms with Crippen LogP contribution in [0, 0.1) is 13.8 Å². The minimum absolute atomic E-state index is 0.0416. The number of fused-ring (bicyclic) bond motifs is 1. The Labute approximate surface area is 128 Å². The molecule has 5 heteroatoms. The van der Waals surface area contributed by atoms with Gasteiger partial charge in [0.1, 0.15) is 11.3 Å². The number of aromatic nitrogens is 3. The molecular formula is C17H17N3O2. The summed E-state index contributed by atoms with van der Waals surface area (Å²) in [5.41, 5.74) is 4.66. The lowest BCUT2D eigenvalue weighted by molar-refractivity contribution is -0.137. The van der Waals surface area contributed by atoms with Gasteiger partial charge in [0.2, 0.25) is 0 Å². The molecule has 2 aromatic heterocycles. The highest BCUT2D eigenvalue weighted by Gasteiger charge is 2.16. The molecule has 0 saturated heterocycles. The Bertz CT molecular complexity index is 852. The predicted octanol–water partition coefficient (Wildman–Crippen LogP) is 3.19. The van der Waals surface area contributed by atoms with Crippen molar-refractivity contribution in [1.82, 2.24) is 14.5 Å². The second-order valence-electron chi connectivity index (χ2n) is 5.40. The number of rotatable bonds is 4. The summed E-state index contributed by atoms with van der Waals surface area (Å²) in [6.45, 7) is 4.34. The number of hydrogen-bond donors (Lipinski definition) is 1. The molecule has 0 saturated carbocycles. The molecule has 0 aliphatic rings. The molecule has 0 atom stereocenters. The van der Waals surface area contributed by atoms with Crippen molar-refractivity contribution in [3.8, 4) is 11.4 Å². The number of nitrogens with zero attached hydrogens (tertiary/aromatic N) is 3. The number of carboxylic acids is 1. The van der Waals surface area contributed by atoms with Gasteiger partial charge in [-0.15, -0.1) is 0 Å². The molecule has 5 nitrogen and oxygen atoms in total. The van der Waals surface area contributed by atoms with Crippen molar-refractivity contribution in [1.29, 1.82) is 0 Å². The van der Waals surface area contributed by atoms with Crippen LogP contribution >= 0.6 is 0 Å². The Morgan fingerprint density at radius 3 is 2.77 bits per heavy atom. The maximum atomic E-state index is 10.9. The van der Waals surface area contributed by atoms with Crippen molar-refractivity contribution in [2.24, 2.45) is 0 Å².